The number of carbonyl (C=O) groups is 1. The number of aromatic nitrogens is 4. The Labute approximate surface area is 227 Å². The summed E-state index contributed by atoms with van der Waals surface area (Å²) in [5.41, 5.74) is 0.684. The van der Waals surface area contributed by atoms with Gasteiger partial charge in [0.25, 0.3) is 0 Å². The van der Waals surface area contributed by atoms with Crippen molar-refractivity contribution in [3.63, 3.8) is 0 Å². The average Bonchev–Trinajstić information content (AvgIpc) is 3.68. The second kappa shape index (κ2) is 11.4. The van der Waals surface area contributed by atoms with Gasteiger partial charge in [-0.3, -0.25) is 9.69 Å². The number of anilines is 3. The number of nitrogens with one attached hydrogen (secondary N) is 2. The minimum absolute atomic E-state index is 0.0466. The van der Waals surface area contributed by atoms with Gasteiger partial charge < -0.3 is 15.5 Å². The molecule has 4 fully saturated rings. The Morgan fingerprint density at radius 3 is 2.68 bits per heavy atom. The van der Waals surface area contributed by atoms with Crippen LogP contribution in [0.3, 0.4) is 0 Å². The summed E-state index contributed by atoms with van der Waals surface area (Å²) in [6.45, 7) is 3.97. The molecular weight excluding hydrogens is 504 g/mol. The molecule has 2 aliphatic carbocycles. The Bertz CT molecular complexity index is 1040. The van der Waals surface area contributed by atoms with Gasteiger partial charge in [-0.1, -0.05) is 24.2 Å². The van der Waals surface area contributed by atoms with Crippen molar-refractivity contribution in [1.29, 1.82) is 0 Å². The van der Waals surface area contributed by atoms with E-state index in [4.69, 9.17) is 0 Å². The number of carbonyl (C=O) groups excluding carboxylic acids is 1. The number of amides is 1. The van der Waals surface area contributed by atoms with Gasteiger partial charge in [-0.05, 0) is 62.5 Å². The van der Waals surface area contributed by atoms with Crippen LogP contribution in [-0.2, 0) is 4.79 Å². The standard InChI is InChI=1S/C26H38N8OS2/c35-23(16-21-18-33(14-15-36-21)20-5-10-26(11-6-20)8-1-2-9-26)29-25-32-31-24(37-25)28-19-7-13-34(17-19)22-4-3-12-27-30-22/h3-4,12,19-21H,1-2,5-11,13-18H2,(H,28,31)(H,29,32,35)/t19-,21?/m1/s1. The van der Waals surface area contributed by atoms with E-state index in [1.807, 2.05) is 23.9 Å². The Hall–Kier alpha value is -1.98. The molecule has 2 atom stereocenters. The van der Waals surface area contributed by atoms with Gasteiger partial charge in [0.15, 0.2) is 5.82 Å². The molecule has 2 N–H and O–H groups in total. The molecule has 0 bridgehead atoms. The highest BCUT2D eigenvalue weighted by atomic mass is 32.2. The second-order valence-electron chi connectivity index (χ2n) is 11.2. The van der Waals surface area contributed by atoms with E-state index in [2.05, 4.69) is 40.8 Å². The molecule has 200 valence electrons. The molecule has 2 aromatic heterocycles. The van der Waals surface area contributed by atoms with Gasteiger partial charge in [0.05, 0.1) is 0 Å². The van der Waals surface area contributed by atoms with E-state index in [0.717, 1.165) is 48.8 Å². The van der Waals surface area contributed by atoms with Crippen LogP contribution in [0.1, 0.15) is 64.2 Å². The first-order valence-corrected chi connectivity index (χ1v) is 15.8. The molecule has 1 spiro atoms. The van der Waals surface area contributed by atoms with Crippen molar-refractivity contribution < 1.29 is 4.79 Å². The zero-order valence-electron chi connectivity index (χ0n) is 21.5. The maximum absolute atomic E-state index is 12.8. The lowest BCUT2D eigenvalue weighted by Crippen LogP contribution is -2.47. The Morgan fingerprint density at radius 1 is 1.03 bits per heavy atom. The van der Waals surface area contributed by atoms with Gasteiger partial charge in [-0.2, -0.15) is 16.9 Å². The molecule has 1 unspecified atom stereocenters. The summed E-state index contributed by atoms with van der Waals surface area (Å²) < 4.78 is 0. The highest BCUT2D eigenvalue weighted by Gasteiger charge is 2.39. The monoisotopic (exact) mass is 542 g/mol. The fourth-order valence-electron chi connectivity index (χ4n) is 6.83. The van der Waals surface area contributed by atoms with Crippen LogP contribution in [0.25, 0.3) is 0 Å². The third kappa shape index (κ3) is 6.20. The van der Waals surface area contributed by atoms with Gasteiger partial charge in [0.1, 0.15) is 0 Å². The third-order valence-electron chi connectivity index (χ3n) is 8.85. The highest BCUT2D eigenvalue weighted by molar-refractivity contribution is 8.00. The fraction of sp³-hybridized carbons (Fsp3) is 0.731. The summed E-state index contributed by atoms with van der Waals surface area (Å²) in [6, 6.07) is 4.88. The van der Waals surface area contributed by atoms with Crippen LogP contribution in [0.15, 0.2) is 18.3 Å². The summed E-state index contributed by atoms with van der Waals surface area (Å²) in [6.07, 6.45) is 14.6. The third-order valence-corrected chi connectivity index (χ3v) is 10.8. The Balaban J connectivity index is 0.944. The van der Waals surface area contributed by atoms with Gasteiger partial charge in [0, 0.05) is 61.9 Å². The van der Waals surface area contributed by atoms with Crippen LogP contribution >= 0.6 is 23.1 Å². The predicted octanol–water partition coefficient (Wildman–Crippen LogP) is 4.27. The topological polar surface area (TPSA) is 99.2 Å². The molecule has 4 heterocycles. The minimum atomic E-state index is 0.0466. The summed E-state index contributed by atoms with van der Waals surface area (Å²) in [7, 11) is 0. The number of thioether (sulfide) groups is 1. The van der Waals surface area contributed by atoms with Crippen molar-refractivity contribution in [2.75, 3.05) is 47.5 Å². The fourth-order valence-corrected chi connectivity index (χ4v) is 8.81. The molecule has 11 heteroatoms. The van der Waals surface area contributed by atoms with E-state index in [-0.39, 0.29) is 11.9 Å². The lowest BCUT2D eigenvalue weighted by atomic mass is 9.71. The number of rotatable bonds is 7. The zero-order valence-corrected chi connectivity index (χ0v) is 23.1. The van der Waals surface area contributed by atoms with Crippen LogP contribution in [0.2, 0.25) is 0 Å². The lowest BCUT2D eigenvalue weighted by molar-refractivity contribution is -0.116. The molecule has 9 nitrogen and oxygen atoms in total. The van der Waals surface area contributed by atoms with Crippen LogP contribution < -0.4 is 15.5 Å². The molecule has 4 aliphatic rings. The lowest BCUT2D eigenvalue weighted by Gasteiger charge is -2.44. The summed E-state index contributed by atoms with van der Waals surface area (Å²) in [5, 5.41) is 24.8. The summed E-state index contributed by atoms with van der Waals surface area (Å²) in [4.78, 5) is 17.8. The smallest absolute Gasteiger partial charge is 0.227 e. The number of nitrogens with zero attached hydrogens (tertiary/aromatic N) is 6. The molecule has 0 aromatic carbocycles. The average molecular weight is 543 g/mol. The SMILES string of the molecule is O=C(CC1CN(C2CCC3(CCCC3)CC2)CCS1)Nc1nnc(N[C@@H]2CCN(c3cccnn3)C2)s1. The van der Waals surface area contributed by atoms with E-state index < -0.39 is 0 Å². The van der Waals surface area contributed by atoms with Crippen molar-refractivity contribution in [2.45, 2.75) is 81.5 Å². The minimum Gasteiger partial charge on any atom is -0.355 e. The quantitative estimate of drug-likeness (QED) is 0.531. The molecule has 2 aliphatic heterocycles. The van der Waals surface area contributed by atoms with E-state index in [1.165, 1.54) is 69.2 Å². The highest BCUT2D eigenvalue weighted by Crippen LogP contribution is 2.49. The second-order valence-corrected chi connectivity index (χ2v) is 13.6. The summed E-state index contributed by atoms with van der Waals surface area (Å²) >= 11 is 3.36. The van der Waals surface area contributed by atoms with Crippen molar-refractivity contribution in [3.05, 3.63) is 18.3 Å². The molecule has 37 heavy (non-hydrogen) atoms. The maximum Gasteiger partial charge on any atom is 0.227 e. The Morgan fingerprint density at radius 2 is 1.86 bits per heavy atom. The van der Waals surface area contributed by atoms with Gasteiger partial charge >= 0.3 is 0 Å². The van der Waals surface area contributed by atoms with Crippen LogP contribution in [0.5, 0.6) is 0 Å². The normalized spacial score (nSPS) is 26.5. The van der Waals surface area contributed by atoms with Crippen LogP contribution in [0.4, 0.5) is 16.1 Å². The molecule has 2 aromatic rings. The van der Waals surface area contributed by atoms with Crippen LogP contribution in [-0.4, -0.2) is 80.5 Å². The van der Waals surface area contributed by atoms with Gasteiger partial charge in [-0.15, -0.1) is 15.3 Å². The van der Waals surface area contributed by atoms with Crippen molar-refractivity contribution in [2.24, 2.45) is 5.41 Å². The molecule has 0 radical (unpaired) electrons. The zero-order chi connectivity index (χ0) is 25.1. The molecule has 2 saturated carbocycles. The van der Waals surface area contributed by atoms with Crippen molar-refractivity contribution in [1.82, 2.24) is 25.3 Å². The van der Waals surface area contributed by atoms with Gasteiger partial charge in [-0.25, -0.2) is 0 Å². The maximum atomic E-state index is 12.8. The van der Waals surface area contributed by atoms with E-state index in [0.29, 0.717) is 22.2 Å². The first kappa shape index (κ1) is 25.3. The number of hydrogen-bond acceptors (Lipinski definition) is 10. The van der Waals surface area contributed by atoms with Crippen LogP contribution in [0, 0.1) is 5.41 Å². The number of hydrogen-bond donors (Lipinski definition) is 2. The largest absolute Gasteiger partial charge is 0.355 e. The van der Waals surface area contributed by atoms with Crippen molar-refractivity contribution in [3.8, 4) is 0 Å². The predicted molar refractivity (Wildman–Crippen MR) is 150 cm³/mol. The molecule has 1 amide bonds. The Kier molecular flexibility index (Phi) is 7.80. The first-order chi connectivity index (χ1) is 18.1. The van der Waals surface area contributed by atoms with E-state index >= 15 is 0 Å². The van der Waals surface area contributed by atoms with Crippen molar-refractivity contribution >= 4 is 45.1 Å². The van der Waals surface area contributed by atoms with E-state index in [9.17, 15) is 4.79 Å². The van der Waals surface area contributed by atoms with Gasteiger partial charge in [0.2, 0.25) is 16.2 Å². The first-order valence-electron chi connectivity index (χ1n) is 13.9. The molecule has 2 saturated heterocycles. The molecule has 6 rings (SSSR count). The molecular formula is C26H38N8OS2. The summed E-state index contributed by atoms with van der Waals surface area (Å²) in [5.74, 6) is 2.07. The van der Waals surface area contributed by atoms with E-state index in [1.54, 1.807) is 6.20 Å².